The highest BCUT2D eigenvalue weighted by Gasteiger charge is 2.17. The van der Waals surface area contributed by atoms with E-state index in [1.807, 2.05) is 0 Å². The lowest BCUT2D eigenvalue weighted by atomic mass is 10.1. The Morgan fingerprint density at radius 1 is 1.09 bits per heavy atom. The highest BCUT2D eigenvalue weighted by atomic mass is 79.9. The SMILES string of the molecule is COc1ccc(CNC(=O)c2ccc(Br)o2)c(OC)c1OC. The van der Waals surface area contributed by atoms with Crippen molar-refractivity contribution in [2.45, 2.75) is 6.54 Å². The number of methoxy groups -OCH3 is 3. The summed E-state index contributed by atoms with van der Waals surface area (Å²) in [4.78, 5) is 12.0. The first-order chi connectivity index (χ1) is 10.6. The number of benzene rings is 1. The second-order valence-corrected chi connectivity index (χ2v) is 5.06. The standard InChI is InChI=1S/C15H16BrNO5/c1-19-10-5-4-9(13(20-2)14(10)21-3)8-17-15(18)11-6-7-12(16)22-11/h4-7H,8H2,1-3H3,(H,17,18). The number of nitrogens with one attached hydrogen (secondary N) is 1. The number of hydrogen-bond donors (Lipinski definition) is 1. The van der Waals surface area contributed by atoms with Crippen molar-refractivity contribution in [2.24, 2.45) is 0 Å². The fourth-order valence-corrected chi connectivity index (χ4v) is 2.31. The van der Waals surface area contributed by atoms with E-state index in [1.54, 1.807) is 31.4 Å². The second-order valence-electron chi connectivity index (χ2n) is 4.28. The molecule has 0 aliphatic rings. The Hall–Kier alpha value is -2.15. The van der Waals surface area contributed by atoms with E-state index < -0.39 is 0 Å². The third-order valence-corrected chi connectivity index (χ3v) is 3.45. The lowest BCUT2D eigenvalue weighted by Gasteiger charge is -2.15. The molecule has 0 fully saturated rings. The number of carbonyl (C=O) groups excluding carboxylic acids is 1. The lowest BCUT2D eigenvalue weighted by Crippen LogP contribution is -2.22. The largest absolute Gasteiger partial charge is 0.493 e. The van der Waals surface area contributed by atoms with Crippen LogP contribution in [0.5, 0.6) is 17.2 Å². The van der Waals surface area contributed by atoms with Crippen LogP contribution in [0.4, 0.5) is 0 Å². The van der Waals surface area contributed by atoms with Crippen molar-refractivity contribution in [2.75, 3.05) is 21.3 Å². The highest BCUT2D eigenvalue weighted by molar-refractivity contribution is 9.10. The molecule has 1 aromatic heterocycles. The Morgan fingerprint density at radius 3 is 2.36 bits per heavy atom. The first-order valence-corrected chi connectivity index (χ1v) is 7.21. The molecule has 0 unspecified atom stereocenters. The number of furan rings is 1. The predicted molar refractivity (Wildman–Crippen MR) is 83.7 cm³/mol. The van der Waals surface area contributed by atoms with Gasteiger partial charge in [0.1, 0.15) is 0 Å². The molecule has 1 heterocycles. The van der Waals surface area contributed by atoms with Crippen LogP contribution in [0, 0.1) is 0 Å². The van der Waals surface area contributed by atoms with Crippen LogP contribution in [0.2, 0.25) is 0 Å². The molecule has 0 saturated heterocycles. The van der Waals surface area contributed by atoms with Crippen LogP contribution in [0.1, 0.15) is 16.1 Å². The number of carbonyl (C=O) groups is 1. The molecule has 1 N–H and O–H groups in total. The molecule has 0 aliphatic carbocycles. The first-order valence-electron chi connectivity index (χ1n) is 6.42. The number of rotatable bonds is 6. The van der Waals surface area contributed by atoms with E-state index in [2.05, 4.69) is 21.2 Å². The maximum atomic E-state index is 12.0. The zero-order valence-electron chi connectivity index (χ0n) is 12.4. The summed E-state index contributed by atoms with van der Waals surface area (Å²) in [6.45, 7) is 0.265. The summed E-state index contributed by atoms with van der Waals surface area (Å²) in [6, 6.07) is 6.81. The van der Waals surface area contributed by atoms with Gasteiger partial charge < -0.3 is 23.9 Å². The molecule has 7 heteroatoms. The van der Waals surface area contributed by atoms with Crippen LogP contribution in [-0.2, 0) is 6.54 Å². The summed E-state index contributed by atoms with van der Waals surface area (Å²) >= 11 is 3.16. The van der Waals surface area contributed by atoms with Gasteiger partial charge in [-0.25, -0.2) is 0 Å². The second kappa shape index (κ2) is 7.22. The van der Waals surface area contributed by atoms with Gasteiger partial charge in [0, 0.05) is 12.1 Å². The quantitative estimate of drug-likeness (QED) is 0.847. The predicted octanol–water partition coefficient (Wildman–Crippen LogP) is 3.00. The number of amides is 1. The van der Waals surface area contributed by atoms with Crippen LogP contribution in [0.15, 0.2) is 33.4 Å². The summed E-state index contributed by atoms with van der Waals surface area (Å²) in [5.41, 5.74) is 0.763. The highest BCUT2D eigenvalue weighted by Crippen LogP contribution is 2.39. The van der Waals surface area contributed by atoms with Gasteiger partial charge in [0.25, 0.3) is 5.91 Å². The Bertz CT molecular complexity index is 668. The van der Waals surface area contributed by atoms with Crippen molar-refractivity contribution in [3.63, 3.8) is 0 Å². The van der Waals surface area contributed by atoms with Gasteiger partial charge in [-0.2, -0.15) is 0 Å². The molecule has 0 spiro atoms. The molecule has 2 aromatic rings. The van der Waals surface area contributed by atoms with Crippen molar-refractivity contribution in [1.29, 1.82) is 0 Å². The fourth-order valence-electron chi connectivity index (χ4n) is 2.00. The van der Waals surface area contributed by atoms with Gasteiger partial charge in [-0.1, -0.05) is 0 Å². The van der Waals surface area contributed by atoms with E-state index >= 15 is 0 Å². The Labute approximate surface area is 136 Å². The Balaban J connectivity index is 2.17. The summed E-state index contributed by atoms with van der Waals surface area (Å²) < 4.78 is 21.6. The number of halogens is 1. The molecule has 1 amide bonds. The van der Waals surface area contributed by atoms with E-state index in [0.29, 0.717) is 21.9 Å². The minimum atomic E-state index is -0.317. The van der Waals surface area contributed by atoms with Crippen molar-refractivity contribution in [3.05, 3.63) is 40.3 Å². The van der Waals surface area contributed by atoms with Gasteiger partial charge in [-0.15, -0.1) is 0 Å². The van der Waals surface area contributed by atoms with Crippen molar-refractivity contribution < 1.29 is 23.4 Å². The van der Waals surface area contributed by atoms with E-state index in [4.69, 9.17) is 18.6 Å². The fraction of sp³-hybridized carbons (Fsp3) is 0.267. The first kappa shape index (κ1) is 16.2. The summed E-state index contributed by atoms with van der Waals surface area (Å²) in [5.74, 6) is 1.47. The van der Waals surface area contributed by atoms with Gasteiger partial charge in [0.15, 0.2) is 21.9 Å². The molecule has 2 rings (SSSR count). The molecule has 1 aromatic carbocycles. The average molecular weight is 370 g/mol. The Kier molecular flexibility index (Phi) is 5.32. The molecule has 0 saturated carbocycles. The minimum Gasteiger partial charge on any atom is -0.493 e. The lowest BCUT2D eigenvalue weighted by molar-refractivity contribution is 0.0921. The van der Waals surface area contributed by atoms with Crippen LogP contribution < -0.4 is 19.5 Å². The van der Waals surface area contributed by atoms with E-state index in [1.165, 1.54) is 14.2 Å². The number of ether oxygens (including phenoxy) is 3. The molecule has 6 nitrogen and oxygen atoms in total. The summed E-state index contributed by atoms with van der Waals surface area (Å²) in [6.07, 6.45) is 0. The van der Waals surface area contributed by atoms with Crippen LogP contribution in [0.3, 0.4) is 0 Å². The molecule has 118 valence electrons. The maximum absolute atomic E-state index is 12.0. The molecule has 0 bridgehead atoms. The van der Waals surface area contributed by atoms with Crippen molar-refractivity contribution >= 4 is 21.8 Å². The van der Waals surface area contributed by atoms with E-state index in [0.717, 1.165) is 5.56 Å². The molecule has 0 atom stereocenters. The summed E-state index contributed by atoms with van der Waals surface area (Å²) in [5, 5.41) is 2.76. The normalized spacial score (nSPS) is 10.2. The van der Waals surface area contributed by atoms with Gasteiger partial charge in [-0.05, 0) is 40.2 Å². The van der Waals surface area contributed by atoms with E-state index in [-0.39, 0.29) is 18.2 Å². The number of hydrogen-bond acceptors (Lipinski definition) is 5. The molecule has 0 radical (unpaired) electrons. The third-order valence-electron chi connectivity index (χ3n) is 3.02. The summed E-state index contributed by atoms with van der Waals surface area (Å²) in [7, 11) is 4.61. The molecule has 0 aliphatic heterocycles. The average Bonchev–Trinajstić information content (AvgIpc) is 2.97. The van der Waals surface area contributed by atoms with Crippen LogP contribution >= 0.6 is 15.9 Å². The molecular formula is C15H16BrNO5. The third kappa shape index (κ3) is 3.36. The Morgan fingerprint density at radius 2 is 1.82 bits per heavy atom. The monoisotopic (exact) mass is 369 g/mol. The van der Waals surface area contributed by atoms with Crippen molar-refractivity contribution in [3.8, 4) is 17.2 Å². The van der Waals surface area contributed by atoms with Crippen LogP contribution in [0.25, 0.3) is 0 Å². The minimum absolute atomic E-state index is 0.228. The van der Waals surface area contributed by atoms with Crippen molar-refractivity contribution in [1.82, 2.24) is 5.32 Å². The maximum Gasteiger partial charge on any atom is 0.287 e. The zero-order chi connectivity index (χ0) is 16.1. The topological polar surface area (TPSA) is 69.9 Å². The van der Waals surface area contributed by atoms with Gasteiger partial charge in [0.2, 0.25) is 5.75 Å². The van der Waals surface area contributed by atoms with Crippen LogP contribution in [-0.4, -0.2) is 27.2 Å². The van der Waals surface area contributed by atoms with Gasteiger partial charge in [0.05, 0.1) is 21.3 Å². The van der Waals surface area contributed by atoms with Gasteiger partial charge >= 0.3 is 0 Å². The molecule has 22 heavy (non-hydrogen) atoms. The zero-order valence-corrected chi connectivity index (χ0v) is 14.0. The van der Waals surface area contributed by atoms with E-state index in [9.17, 15) is 4.79 Å². The van der Waals surface area contributed by atoms with Gasteiger partial charge in [-0.3, -0.25) is 4.79 Å². The smallest absolute Gasteiger partial charge is 0.287 e. The molecular weight excluding hydrogens is 354 g/mol.